The molecule has 2 aromatic carbocycles. The van der Waals surface area contributed by atoms with Crippen LogP contribution in [0.25, 0.3) is 0 Å². The Bertz CT molecular complexity index is 1020. The van der Waals surface area contributed by atoms with Crippen LogP contribution in [0.3, 0.4) is 0 Å². The monoisotopic (exact) mass is 449 g/mol. The number of sulfonamides is 1. The average molecular weight is 450 g/mol. The van der Waals surface area contributed by atoms with E-state index in [-0.39, 0.29) is 16.4 Å². The van der Waals surface area contributed by atoms with E-state index in [0.29, 0.717) is 29.7 Å². The van der Waals surface area contributed by atoms with E-state index < -0.39 is 15.9 Å². The number of carbonyl (C=O) groups is 2. The van der Waals surface area contributed by atoms with Gasteiger partial charge in [0.25, 0.3) is 15.9 Å². The molecule has 10 heteroatoms. The fourth-order valence-electron chi connectivity index (χ4n) is 2.50. The number of ether oxygens (including phenoxy) is 2. The second-order valence-corrected chi connectivity index (χ2v) is 8.84. The number of carbonyl (C=O) groups excluding carboxylic acids is 2. The molecule has 0 atom stereocenters. The van der Waals surface area contributed by atoms with E-state index in [1.807, 2.05) is 4.83 Å². The Labute approximate surface area is 182 Å². The number of hydrogen-bond acceptors (Lipinski definition) is 6. The first-order chi connectivity index (χ1) is 14.6. The van der Waals surface area contributed by atoms with Gasteiger partial charge in [0.1, 0.15) is 0 Å². The van der Waals surface area contributed by atoms with Crippen LogP contribution in [0.5, 0.6) is 11.5 Å². The van der Waals surface area contributed by atoms with Gasteiger partial charge < -0.3 is 14.8 Å². The lowest BCUT2D eigenvalue weighted by molar-refractivity contribution is -0.114. The van der Waals surface area contributed by atoms with Crippen LogP contribution >= 0.6 is 0 Å². The third-order valence-electron chi connectivity index (χ3n) is 4.16. The van der Waals surface area contributed by atoms with Crippen LogP contribution in [-0.4, -0.2) is 33.9 Å². The van der Waals surface area contributed by atoms with Crippen molar-refractivity contribution in [1.82, 2.24) is 10.3 Å². The van der Waals surface area contributed by atoms with E-state index in [1.165, 1.54) is 50.4 Å². The molecule has 168 valence electrons. The summed E-state index contributed by atoms with van der Waals surface area (Å²) >= 11 is 0. The molecule has 3 N–H and O–H groups in total. The Morgan fingerprint density at radius 3 is 2.29 bits per heavy atom. The molecule has 0 fully saturated rings. The third kappa shape index (κ3) is 7.26. The number of anilines is 1. The zero-order valence-corrected chi connectivity index (χ0v) is 18.7. The summed E-state index contributed by atoms with van der Waals surface area (Å²) in [5.74, 6) is 0.427. The minimum absolute atomic E-state index is 0.0756. The summed E-state index contributed by atoms with van der Waals surface area (Å²) in [7, 11) is -2.55. The zero-order chi connectivity index (χ0) is 23.0. The van der Waals surface area contributed by atoms with Crippen LogP contribution in [0, 0.1) is 5.92 Å². The number of benzene rings is 2. The van der Waals surface area contributed by atoms with Gasteiger partial charge in [-0.15, -0.1) is 4.83 Å². The summed E-state index contributed by atoms with van der Waals surface area (Å²) in [5.41, 5.74) is 2.82. The van der Waals surface area contributed by atoms with Crippen LogP contribution in [0.2, 0.25) is 0 Å². The Balaban J connectivity index is 2.03. The van der Waals surface area contributed by atoms with Gasteiger partial charge in [0.05, 0.1) is 18.6 Å². The summed E-state index contributed by atoms with van der Waals surface area (Å²) < 4.78 is 35.7. The molecule has 2 aromatic rings. The van der Waals surface area contributed by atoms with Crippen molar-refractivity contribution in [3.05, 3.63) is 48.0 Å². The maximum Gasteiger partial charge on any atom is 0.266 e. The topological polar surface area (TPSA) is 123 Å². The summed E-state index contributed by atoms with van der Waals surface area (Å²) in [6.07, 6.45) is 0.874. The molecule has 0 heterocycles. The molecule has 0 saturated carbocycles. The fraction of sp³-hybridized carbons (Fsp3) is 0.333. The van der Waals surface area contributed by atoms with Crippen LogP contribution in [0.1, 0.15) is 37.6 Å². The molecule has 0 unspecified atom stereocenters. The highest BCUT2D eigenvalue weighted by Crippen LogP contribution is 2.28. The van der Waals surface area contributed by atoms with Gasteiger partial charge in [0.2, 0.25) is 5.91 Å². The molecule has 2 rings (SSSR count). The summed E-state index contributed by atoms with van der Waals surface area (Å²) in [5, 5.41) is 2.54. The summed E-state index contributed by atoms with van der Waals surface area (Å²) in [6.45, 7) is 6.04. The quantitative estimate of drug-likeness (QED) is 0.479. The van der Waals surface area contributed by atoms with Crippen LogP contribution in [-0.2, 0) is 14.8 Å². The van der Waals surface area contributed by atoms with Crippen molar-refractivity contribution in [1.29, 1.82) is 0 Å². The van der Waals surface area contributed by atoms with Gasteiger partial charge in [0.15, 0.2) is 11.5 Å². The van der Waals surface area contributed by atoms with Crippen molar-refractivity contribution in [2.45, 2.75) is 32.1 Å². The molecule has 0 aliphatic carbocycles. The molecular weight excluding hydrogens is 422 g/mol. The van der Waals surface area contributed by atoms with Gasteiger partial charge in [-0.2, -0.15) is 0 Å². The van der Waals surface area contributed by atoms with Crippen molar-refractivity contribution in [2.24, 2.45) is 5.92 Å². The highest BCUT2D eigenvalue weighted by Gasteiger charge is 2.17. The summed E-state index contributed by atoms with van der Waals surface area (Å²) in [6, 6.07) is 10.1. The van der Waals surface area contributed by atoms with E-state index in [9.17, 15) is 18.0 Å². The second-order valence-electron chi connectivity index (χ2n) is 7.16. The van der Waals surface area contributed by atoms with Crippen molar-refractivity contribution in [3.63, 3.8) is 0 Å². The molecule has 0 bridgehead atoms. The van der Waals surface area contributed by atoms with Crippen LogP contribution in [0.15, 0.2) is 47.4 Å². The number of hydrogen-bond donors (Lipinski definition) is 3. The smallest absolute Gasteiger partial charge is 0.266 e. The third-order valence-corrected chi connectivity index (χ3v) is 5.43. The zero-order valence-electron chi connectivity index (χ0n) is 17.9. The number of nitrogens with one attached hydrogen (secondary N) is 3. The number of rotatable bonds is 10. The molecule has 0 saturated heterocycles. The molecule has 0 aliphatic heterocycles. The Hall–Kier alpha value is -3.11. The van der Waals surface area contributed by atoms with E-state index >= 15 is 0 Å². The van der Waals surface area contributed by atoms with E-state index in [4.69, 9.17) is 9.47 Å². The van der Waals surface area contributed by atoms with Crippen molar-refractivity contribution >= 4 is 27.5 Å². The average Bonchev–Trinajstić information content (AvgIpc) is 2.72. The van der Waals surface area contributed by atoms with Crippen molar-refractivity contribution in [3.8, 4) is 11.5 Å². The number of methoxy groups -OCH3 is 1. The minimum Gasteiger partial charge on any atom is -0.493 e. The van der Waals surface area contributed by atoms with Gasteiger partial charge in [-0.25, -0.2) is 8.42 Å². The van der Waals surface area contributed by atoms with E-state index in [0.717, 1.165) is 6.42 Å². The van der Waals surface area contributed by atoms with Gasteiger partial charge in [-0.05, 0) is 54.8 Å². The van der Waals surface area contributed by atoms with Gasteiger partial charge in [-0.3, -0.25) is 15.0 Å². The molecule has 2 amide bonds. The van der Waals surface area contributed by atoms with Crippen molar-refractivity contribution < 1.29 is 27.5 Å². The SMILES string of the molecule is COc1cc(C(=O)NNS(=O)(=O)c2ccc(NC(C)=O)cc2)ccc1OCCC(C)C. The molecule has 9 nitrogen and oxygen atoms in total. The maximum atomic E-state index is 12.4. The first-order valence-corrected chi connectivity index (χ1v) is 11.1. The Morgan fingerprint density at radius 1 is 1.03 bits per heavy atom. The predicted octanol–water partition coefficient (Wildman–Crippen LogP) is 2.70. The molecule has 0 radical (unpaired) electrons. The lowest BCUT2D eigenvalue weighted by Crippen LogP contribution is -2.41. The van der Waals surface area contributed by atoms with Gasteiger partial charge >= 0.3 is 0 Å². The number of hydrazine groups is 1. The summed E-state index contributed by atoms with van der Waals surface area (Å²) in [4.78, 5) is 25.4. The fourth-order valence-corrected chi connectivity index (χ4v) is 3.34. The predicted molar refractivity (Wildman–Crippen MR) is 116 cm³/mol. The Morgan fingerprint density at radius 2 is 1.71 bits per heavy atom. The largest absolute Gasteiger partial charge is 0.493 e. The lowest BCUT2D eigenvalue weighted by Gasteiger charge is -2.13. The highest BCUT2D eigenvalue weighted by molar-refractivity contribution is 7.89. The van der Waals surface area contributed by atoms with Crippen LogP contribution < -0.4 is 25.0 Å². The minimum atomic E-state index is -4.00. The second kappa shape index (κ2) is 10.8. The molecule has 0 aliphatic rings. The lowest BCUT2D eigenvalue weighted by atomic mass is 10.1. The molecule has 31 heavy (non-hydrogen) atoms. The molecule has 0 spiro atoms. The maximum absolute atomic E-state index is 12.4. The first kappa shape index (κ1) is 24.2. The highest BCUT2D eigenvalue weighted by atomic mass is 32.2. The molecule has 0 aromatic heterocycles. The van der Waals surface area contributed by atoms with Gasteiger partial charge in [-0.1, -0.05) is 13.8 Å². The number of amides is 2. The standard InChI is InChI=1S/C21H27N3O6S/c1-14(2)11-12-30-19-10-5-16(13-20(19)29-4)21(26)23-24-31(27,28)18-8-6-17(7-9-18)22-15(3)25/h5-10,13-14,24H,11-12H2,1-4H3,(H,22,25)(H,23,26). The van der Waals surface area contributed by atoms with Crippen LogP contribution in [0.4, 0.5) is 5.69 Å². The Kier molecular flexibility index (Phi) is 8.40. The van der Waals surface area contributed by atoms with Crippen molar-refractivity contribution in [2.75, 3.05) is 19.0 Å². The van der Waals surface area contributed by atoms with Gasteiger partial charge in [0, 0.05) is 18.2 Å². The van der Waals surface area contributed by atoms with E-state index in [2.05, 4.69) is 24.6 Å². The normalized spacial score (nSPS) is 11.1. The van der Waals surface area contributed by atoms with E-state index in [1.54, 1.807) is 6.07 Å². The first-order valence-electron chi connectivity index (χ1n) is 9.63. The molecular formula is C21H27N3O6S.